The van der Waals surface area contributed by atoms with E-state index in [-0.39, 0.29) is 25.7 Å². The molecule has 0 saturated heterocycles. The van der Waals surface area contributed by atoms with Gasteiger partial charge in [-0.05, 0) is 31.6 Å². The summed E-state index contributed by atoms with van der Waals surface area (Å²) in [6.07, 6.45) is 82.4. The van der Waals surface area contributed by atoms with Crippen LogP contribution >= 0.6 is 15.6 Å². The SMILES string of the molecule is CCCCCCCCCCCCCCCCCCCCCCCCC(=O)O[C@H](COC(=O)CCCCCCCCCCCCCCCCCCCCC(C)C)COP(=O)(O)OC[C@@H](O)COP(=O)(O)OC[C@@H](COC(=O)CCCCCCCCCC)OC(=O)CCCCCCCCCCCCCCCCCCCCCCC. The first-order valence-corrected chi connectivity index (χ1v) is 51.1. The van der Waals surface area contributed by atoms with Crippen molar-refractivity contribution in [2.75, 3.05) is 39.6 Å². The highest BCUT2D eigenvalue weighted by atomic mass is 31.2. The predicted molar refractivity (Wildman–Crippen MR) is 465 cm³/mol. The van der Waals surface area contributed by atoms with Gasteiger partial charge in [-0.15, -0.1) is 0 Å². The highest BCUT2D eigenvalue weighted by molar-refractivity contribution is 7.47. The van der Waals surface area contributed by atoms with Crippen molar-refractivity contribution in [1.82, 2.24) is 0 Å². The van der Waals surface area contributed by atoms with Gasteiger partial charge in [0.2, 0.25) is 0 Å². The van der Waals surface area contributed by atoms with Crippen LogP contribution in [0.4, 0.5) is 0 Å². The first-order valence-electron chi connectivity index (χ1n) is 48.1. The number of ether oxygens (including phenoxy) is 4. The van der Waals surface area contributed by atoms with E-state index in [1.165, 1.54) is 334 Å². The largest absolute Gasteiger partial charge is 0.472 e. The third-order valence-corrected chi connectivity index (χ3v) is 23.9. The number of hydrogen-bond acceptors (Lipinski definition) is 15. The Bertz CT molecular complexity index is 2120. The maximum atomic E-state index is 13.2. The fourth-order valence-corrected chi connectivity index (χ4v) is 16.3. The van der Waals surface area contributed by atoms with Gasteiger partial charge in [0.15, 0.2) is 12.2 Å². The summed E-state index contributed by atoms with van der Waals surface area (Å²) in [7, 11) is -9.93. The third kappa shape index (κ3) is 85.9. The molecule has 0 heterocycles. The van der Waals surface area contributed by atoms with Gasteiger partial charge in [-0.1, -0.05) is 458 Å². The molecule has 0 radical (unpaired) electrons. The average molecular weight is 1630 g/mol. The number of phosphoric ester groups is 2. The van der Waals surface area contributed by atoms with Gasteiger partial charge < -0.3 is 33.8 Å². The highest BCUT2D eigenvalue weighted by Crippen LogP contribution is 2.45. The van der Waals surface area contributed by atoms with Gasteiger partial charge in [-0.2, -0.15) is 0 Å². The van der Waals surface area contributed by atoms with E-state index in [1.54, 1.807) is 0 Å². The Labute approximate surface area is 689 Å². The van der Waals surface area contributed by atoms with Gasteiger partial charge in [0.1, 0.15) is 19.3 Å². The number of phosphoric acid groups is 2. The van der Waals surface area contributed by atoms with Crippen LogP contribution in [0, 0.1) is 5.92 Å². The van der Waals surface area contributed by atoms with Gasteiger partial charge in [0.25, 0.3) is 0 Å². The third-order valence-electron chi connectivity index (χ3n) is 22.0. The second kappa shape index (κ2) is 85.5. The standard InChI is InChI=1S/C93H182O17P2/c1-6-9-12-15-18-21-23-25-27-29-31-33-35-37-43-47-51-55-59-64-69-74-79-93(98)110-89(83-104-91(96)77-72-67-62-57-53-49-45-41-39-38-40-44-48-52-56-60-65-70-75-86(4)5)85-108-112(101,102)106-81-87(94)80-105-111(99,100)107-84-88(82-103-90(95)76-71-66-61-20-17-14-11-8-3)109-92(97)78-73-68-63-58-54-50-46-42-36-34-32-30-28-26-24-22-19-16-13-10-7-2/h86-89,94H,6-85H2,1-5H3,(H,99,100)(H,101,102)/t87-,88+,89+/m0/s1. The number of aliphatic hydroxyl groups excluding tert-OH is 1. The second-order valence-electron chi connectivity index (χ2n) is 33.9. The quantitative estimate of drug-likeness (QED) is 0.0222. The monoisotopic (exact) mass is 1630 g/mol. The summed E-state index contributed by atoms with van der Waals surface area (Å²) >= 11 is 0. The van der Waals surface area contributed by atoms with Gasteiger partial charge >= 0.3 is 39.5 Å². The van der Waals surface area contributed by atoms with Crippen LogP contribution in [0.1, 0.15) is 510 Å². The minimum atomic E-state index is -4.97. The Kier molecular flexibility index (Phi) is 84.0. The first kappa shape index (κ1) is 110. The minimum Gasteiger partial charge on any atom is -0.462 e. The molecule has 0 rings (SSSR count). The van der Waals surface area contributed by atoms with E-state index in [1.807, 2.05) is 0 Å². The van der Waals surface area contributed by atoms with Gasteiger partial charge in [-0.25, -0.2) is 9.13 Å². The molecule has 0 aliphatic rings. The van der Waals surface area contributed by atoms with Crippen LogP contribution < -0.4 is 0 Å². The normalized spacial score (nSPS) is 13.7. The Morgan fingerprint density at radius 3 is 0.607 bits per heavy atom. The molecule has 0 aliphatic carbocycles. The average Bonchev–Trinajstić information content (AvgIpc) is 0.876. The summed E-state index contributed by atoms with van der Waals surface area (Å²) in [6.45, 7) is 7.41. The molecule has 19 heteroatoms. The fourth-order valence-electron chi connectivity index (χ4n) is 14.7. The molecule has 0 amide bonds. The molecule has 0 aromatic rings. The smallest absolute Gasteiger partial charge is 0.462 e. The van der Waals surface area contributed by atoms with Crippen molar-refractivity contribution in [3.05, 3.63) is 0 Å². The van der Waals surface area contributed by atoms with E-state index in [0.29, 0.717) is 25.7 Å². The molecule has 0 aromatic carbocycles. The molecule has 3 N–H and O–H groups in total. The maximum absolute atomic E-state index is 13.2. The number of hydrogen-bond donors (Lipinski definition) is 3. The summed E-state index contributed by atoms with van der Waals surface area (Å²) in [4.78, 5) is 73.3. The first-order chi connectivity index (χ1) is 54.5. The summed E-state index contributed by atoms with van der Waals surface area (Å²) in [5.74, 6) is -1.27. The molecule has 0 fully saturated rings. The molecule has 2 unspecified atom stereocenters. The van der Waals surface area contributed by atoms with Gasteiger partial charge in [0.05, 0.1) is 26.4 Å². The molecular weight excluding hydrogens is 1450 g/mol. The highest BCUT2D eigenvalue weighted by Gasteiger charge is 2.31. The van der Waals surface area contributed by atoms with E-state index >= 15 is 0 Å². The van der Waals surface area contributed by atoms with E-state index in [0.717, 1.165) is 95.8 Å². The lowest BCUT2D eigenvalue weighted by Crippen LogP contribution is -2.30. The van der Waals surface area contributed by atoms with Crippen molar-refractivity contribution in [2.45, 2.75) is 528 Å². The van der Waals surface area contributed by atoms with Crippen LogP contribution in [0.3, 0.4) is 0 Å². The van der Waals surface area contributed by atoms with Crippen LogP contribution in [0.25, 0.3) is 0 Å². The topological polar surface area (TPSA) is 237 Å². The molecule has 5 atom stereocenters. The number of carbonyl (C=O) groups is 4. The Balaban J connectivity index is 5.15. The van der Waals surface area contributed by atoms with Crippen LogP contribution in [0.15, 0.2) is 0 Å². The van der Waals surface area contributed by atoms with Crippen LogP contribution in [0.5, 0.6) is 0 Å². The van der Waals surface area contributed by atoms with Crippen molar-refractivity contribution in [3.63, 3.8) is 0 Å². The molecule has 0 spiro atoms. The molecule has 112 heavy (non-hydrogen) atoms. The molecular formula is C93H182O17P2. The van der Waals surface area contributed by atoms with E-state index < -0.39 is 97.5 Å². The summed E-state index contributed by atoms with van der Waals surface area (Å²) in [5.41, 5.74) is 0. The van der Waals surface area contributed by atoms with E-state index in [2.05, 4.69) is 34.6 Å². The van der Waals surface area contributed by atoms with Crippen molar-refractivity contribution >= 4 is 39.5 Å². The Morgan fingerprint density at radius 2 is 0.411 bits per heavy atom. The van der Waals surface area contributed by atoms with Crippen molar-refractivity contribution in [1.29, 1.82) is 0 Å². The van der Waals surface area contributed by atoms with Crippen LogP contribution in [-0.4, -0.2) is 96.7 Å². The number of unbranched alkanes of at least 4 members (excludes halogenated alkanes) is 65. The fraction of sp³-hybridized carbons (Fsp3) is 0.957. The number of carbonyl (C=O) groups excluding carboxylic acids is 4. The summed E-state index contributed by atoms with van der Waals surface area (Å²) in [5, 5.41) is 10.7. The predicted octanol–water partition coefficient (Wildman–Crippen LogP) is 29.1. The molecule has 17 nitrogen and oxygen atoms in total. The van der Waals surface area contributed by atoms with Crippen molar-refractivity contribution in [3.8, 4) is 0 Å². The van der Waals surface area contributed by atoms with Crippen molar-refractivity contribution in [2.24, 2.45) is 5.92 Å². The van der Waals surface area contributed by atoms with Crippen LogP contribution in [0.2, 0.25) is 0 Å². The lowest BCUT2D eigenvalue weighted by Gasteiger charge is -2.21. The molecule has 0 aliphatic heterocycles. The molecule has 0 aromatic heterocycles. The molecule has 666 valence electrons. The minimum absolute atomic E-state index is 0.109. The van der Waals surface area contributed by atoms with Crippen molar-refractivity contribution < 1.29 is 80.2 Å². The molecule has 0 saturated carbocycles. The van der Waals surface area contributed by atoms with E-state index in [9.17, 15) is 43.2 Å². The lowest BCUT2D eigenvalue weighted by molar-refractivity contribution is -0.161. The number of rotatable bonds is 93. The zero-order valence-electron chi connectivity index (χ0n) is 73.8. The number of esters is 4. The summed E-state index contributed by atoms with van der Waals surface area (Å²) in [6, 6.07) is 0. The number of aliphatic hydroxyl groups is 1. The Morgan fingerprint density at radius 1 is 0.241 bits per heavy atom. The Hall–Kier alpha value is -1.94. The summed E-state index contributed by atoms with van der Waals surface area (Å²) < 4.78 is 69.0. The van der Waals surface area contributed by atoms with Gasteiger partial charge in [-0.3, -0.25) is 37.3 Å². The van der Waals surface area contributed by atoms with Gasteiger partial charge in [0, 0.05) is 25.7 Å². The van der Waals surface area contributed by atoms with Crippen LogP contribution in [-0.2, 0) is 65.4 Å². The maximum Gasteiger partial charge on any atom is 0.472 e. The zero-order chi connectivity index (χ0) is 81.8. The molecule has 0 bridgehead atoms. The second-order valence-corrected chi connectivity index (χ2v) is 36.8. The zero-order valence-corrected chi connectivity index (χ0v) is 75.6. The lowest BCUT2D eigenvalue weighted by atomic mass is 10.0. The van der Waals surface area contributed by atoms with E-state index in [4.69, 9.17) is 37.0 Å².